The molecule has 0 atom stereocenters. The molecule has 1 amide bonds. The summed E-state index contributed by atoms with van der Waals surface area (Å²) in [5, 5.41) is 3.18. The molecule has 0 aliphatic heterocycles. The zero-order valence-electron chi connectivity index (χ0n) is 12.4. The van der Waals surface area contributed by atoms with Gasteiger partial charge in [0.25, 0.3) is 5.91 Å². The third-order valence-electron chi connectivity index (χ3n) is 3.98. The number of nitrogens with one attached hydrogen (secondary N) is 1. The summed E-state index contributed by atoms with van der Waals surface area (Å²) in [5.41, 5.74) is 0.689. The van der Waals surface area contributed by atoms with Gasteiger partial charge in [-0.05, 0) is 19.8 Å². The zero-order chi connectivity index (χ0) is 13.9. The number of amides is 1. The van der Waals surface area contributed by atoms with Crippen LogP contribution >= 0.6 is 0 Å². The van der Waals surface area contributed by atoms with Crippen molar-refractivity contribution in [1.29, 1.82) is 0 Å². The number of hydrogen-bond acceptors (Lipinski definition) is 1. The van der Waals surface area contributed by atoms with Crippen LogP contribution in [-0.4, -0.2) is 11.9 Å². The van der Waals surface area contributed by atoms with Gasteiger partial charge in [0.2, 0.25) is 0 Å². The van der Waals surface area contributed by atoms with E-state index in [0.29, 0.717) is 11.6 Å². The fourth-order valence-electron chi connectivity index (χ4n) is 2.74. The van der Waals surface area contributed by atoms with Crippen molar-refractivity contribution in [2.75, 3.05) is 0 Å². The molecule has 0 saturated heterocycles. The van der Waals surface area contributed by atoms with Crippen molar-refractivity contribution >= 4 is 5.91 Å². The average Bonchev–Trinajstić information content (AvgIpc) is 2.46. The fraction of sp³-hybridized carbons (Fsp3) is 0.706. The van der Waals surface area contributed by atoms with Crippen molar-refractivity contribution in [2.45, 2.75) is 77.2 Å². The Balaban J connectivity index is 2.46. The van der Waals surface area contributed by atoms with Crippen LogP contribution in [0, 0.1) is 0 Å². The molecule has 0 heterocycles. The molecule has 0 aromatic heterocycles. The molecular formula is C17H29NO. The summed E-state index contributed by atoms with van der Waals surface area (Å²) in [6.45, 7) is 5.57. The summed E-state index contributed by atoms with van der Waals surface area (Å²) in [6, 6.07) is 0.348. The Morgan fingerprint density at radius 1 is 1.00 bits per heavy atom. The molecule has 2 heteroatoms. The predicted octanol–water partition coefficient (Wildman–Crippen LogP) is 4.52. The van der Waals surface area contributed by atoms with Crippen molar-refractivity contribution < 1.29 is 4.79 Å². The van der Waals surface area contributed by atoms with Crippen LogP contribution in [0.25, 0.3) is 0 Å². The highest BCUT2D eigenvalue weighted by Crippen LogP contribution is 2.17. The molecule has 1 rings (SSSR count). The third kappa shape index (κ3) is 6.60. The lowest BCUT2D eigenvalue weighted by Gasteiger charge is -2.18. The summed E-state index contributed by atoms with van der Waals surface area (Å²) < 4.78 is 0. The standard InChI is InChI=1S/C17H29NO/c1-3-15(4-2)17(19)18-16-13-11-9-7-5-6-8-10-12-14-16/h3-4,16H,1,5-14H2,2H3,(H,18,19). The van der Waals surface area contributed by atoms with E-state index >= 15 is 0 Å². The molecule has 1 aliphatic carbocycles. The molecule has 0 spiro atoms. The van der Waals surface area contributed by atoms with Crippen LogP contribution in [0.2, 0.25) is 0 Å². The van der Waals surface area contributed by atoms with Crippen molar-refractivity contribution in [2.24, 2.45) is 0 Å². The maximum Gasteiger partial charge on any atom is 0.251 e. The number of rotatable bonds is 3. The maximum atomic E-state index is 12.0. The van der Waals surface area contributed by atoms with Crippen LogP contribution in [0.1, 0.15) is 71.1 Å². The van der Waals surface area contributed by atoms with Gasteiger partial charge in [-0.3, -0.25) is 4.79 Å². The molecule has 19 heavy (non-hydrogen) atoms. The van der Waals surface area contributed by atoms with E-state index in [2.05, 4.69) is 11.9 Å². The van der Waals surface area contributed by atoms with Gasteiger partial charge in [-0.2, -0.15) is 0 Å². The van der Waals surface area contributed by atoms with Gasteiger partial charge in [-0.15, -0.1) is 0 Å². The molecule has 0 unspecified atom stereocenters. The van der Waals surface area contributed by atoms with Crippen LogP contribution < -0.4 is 5.32 Å². The second-order valence-corrected chi connectivity index (χ2v) is 5.52. The van der Waals surface area contributed by atoms with Crippen LogP contribution in [-0.2, 0) is 4.79 Å². The van der Waals surface area contributed by atoms with E-state index in [-0.39, 0.29) is 5.91 Å². The zero-order valence-corrected chi connectivity index (χ0v) is 12.4. The van der Waals surface area contributed by atoms with Crippen molar-refractivity contribution in [3.05, 3.63) is 24.3 Å². The number of hydrogen-bond donors (Lipinski definition) is 1. The van der Waals surface area contributed by atoms with Gasteiger partial charge in [-0.1, -0.05) is 70.1 Å². The highest BCUT2D eigenvalue weighted by molar-refractivity contribution is 5.96. The minimum absolute atomic E-state index is 0.0392. The quantitative estimate of drug-likeness (QED) is 0.589. The smallest absolute Gasteiger partial charge is 0.251 e. The van der Waals surface area contributed by atoms with Crippen molar-refractivity contribution in [3.63, 3.8) is 0 Å². The fourth-order valence-corrected chi connectivity index (χ4v) is 2.74. The van der Waals surface area contributed by atoms with Gasteiger partial charge < -0.3 is 5.32 Å². The number of carbonyl (C=O) groups is 1. The highest BCUT2D eigenvalue weighted by atomic mass is 16.1. The number of carbonyl (C=O) groups excluding carboxylic acids is 1. The summed E-state index contributed by atoms with van der Waals surface area (Å²) in [6.07, 6.45) is 16.3. The van der Waals surface area contributed by atoms with Gasteiger partial charge in [-0.25, -0.2) is 0 Å². The lowest BCUT2D eigenvalue weighted by atomic mass is 10.0. The van der Waals surface area contributed by atoms with E-state index in [4.69, 9.17) is 0 Å². The van der Waals surface area contributed by atoms with Gasteiger partial charge in [0.1, 0.15) is 0 Å². The molecular weight excluding hydrogens is 234 g/mol. The minimum atomic E-state index is 0.0392. The first-order valence-corrected chi connectivity index (χ1v) is 7.87. The van der Waals surface area contributed by atoms with E-state index in [1.54, 1.807) is 6.08 Å². The van der Waals surface area contributed by atoms with Gasteiger partial charge in [0.05, 0.1) is 0 Å². The average molecular weight is 263 g/mol. The molecule has 1 aliphatic rings. The molecule has 0 radical (unpaired) electrons. The molecule has 1 N–H and O–H groups in total. The first kappa shape index (κ1) is 16.0. The second kappa shape index (κ2) is 9.82. The first-order chi connectivity index (χ1) is 9.27. The first-order valence-electron chi connectivity index (χ1n) is 7.87. The third-order valence-corrected chi connectivity index (χ3v) is 3.98. The summed E-state index contributed by atoms with van der Waals surface area (Å²) in [7, 11) is 0. The molecule has 0 bridgehead atoms. The molecule has 0 aromatic rings. The molecule has 2 nitrogen and oxygen atoms in total. The van der Waals surface area contributed by atoms with Crippen molar-refractivity contribution in [3.8, 4) is 0 Å². The topological polar surface area (TPSA) is 29.1 Å². The SMILES string of the molecule is C=CC(=CC)C(=O)NC1CCCCCCCCCC1. The minimum Gasteiger partial charge on any atom is -0.349 e. The van der Waals surface area contributed by atoms with Gasteiger partial charge in [0.15, 0.2) is 0 Å². The Hall–Kier alpha value is -1.05. The van der Waals surface area contributed by atoms with E-state index in [0.717, 1.165) is 12.8 Å². The van der Waals surface area contributed by atoms with E-state index in [1.807, 2.05) is 13.0 Å². The summed E-state index contributed by atoms with van der Waals surface area (Å²) in [5.74, 6) is 0.0392. The summed E-state index contributed by atoms with van der Waals surface area (Å²) in [4.78, 5) is 12.0. The second-order valence-electron chi connectivity index (χ2n) is 5.52. The molecule has 0 aromatic carbocycles. The van der Waals surface area contributed by atoms with E-state index in [9.17, 15) is 4.79 Å². The van der Waals surface area contributed by atoms with Crippen LogP contribution in [0.3, 0.4) is 0 Å². The largest absolute Gasteiger partial charge is 0.349 e. The van der Waals surface area contributed by atoms with Crippen LogP contribution in [0.15, 0.2) is 24.3 Å². The van der Waals surface area contributed by atoms with Crippen LogP contribution in [0.5, 0.6) is 0 Å². The summed E-state index contributed by atoms with van der Waals surface area (Å²) >= 11 is 0. The van der Waals surface area contributed by atoms with Crippen LogP contribution in [0.4, 0.5) is 0 Å². The normalized spacial score (nSPS) is 20.4. The Morgan fingerprint density at radius 2 is 1.47 bits per heavy atom. The Labute approximate surface area is 118 Å². The monoisotopic (exact) mass is 263 g/mol. The Morgan fingerprint density at radius 3 is 1.89 bits per heavy atom. The van der Waals surface area contributed by atoms with E-state index < -0.39 is 0 Å². The molecule has 108 valence electrons. The Bertz CT molecular complexity index is 294. The molecule has 1 fully saturated rings. The van der Waals surface area contributed by atoms with Gasteiger partial charge >= 0.3 is 0 Å². The highest BCUT2D eigenvalue weighted by Gasteiger charge is 2.13. The van der Waals surface area contributed by atoms with Gasteiger partial charge in [0, 0.05) is 11.6 Å². The maximum absolute atomic E-state index is 12.0. The van der Waals surface area contributed by atoms with E-state index in [1.165, 1.54) is 51.4 Å². The lowest BCUT2D eigenvalue weighted by Crippen LogP contribution is -2.35. The lowest BCUT2D eigenvalue weighted by molar-refractivity contribution is -0.118. The molecule has 1 saturated carbocycles. The number of allylic oxidation sites excluding steroid dienone is 1. The Kier molecular flexibility index (Phi) is 8.28. The van der Waals surface area contributed by atoms with Crippen molar-refractivity contribution in [1.82, 2.24) is 5.32 Å². The predicted molar refractivity (Wildman–Crippen MR) is 82.1 cm³/mol.